The van der Waals surface area contributed by atoms with Crippen molar-refractivity contribution in [1.82, 2.24) is 9.97 Å². The van der Waals surface area contributed by atoms with Crippen molar-refractivity contribution in [3.63, 3.8) is 0 Å². The Morgan fingerprint density at radius 2 is 1.91 bits per heavy atom. The van der Waals surface area contributed by atoms with Crippen molar-refractivity contribution in [2.45, 2.75) is 78.4 Å². The van der Waals surface area contributed by atoms with E-state index in [1.54, 1.807) is 13.2 Å². The first-order valence-electron chi connectivity index (χ1n) is 12.0. The molecule has 190 valence electrons. The molecular formula is C27H38N4O4. The highest BCUT2D eigenvalue weighted by Crippen LogP contribution is 2.28. The van der Waals surface area contributed by atoms with E-state index in [-0.39, 0.29) is 30.2 Å². The molecule has 1 heterocycles. The second kappa shape index (κ2) is 12.9. The first-order valence-corrected chi connectivity index (χ1v) is 12.0. The Kier molecular flexibility index (Phi) is 10.2. The number of esters is 1. The largest absolute Gasteiger partial charge is 0.496 e. The Hall–Kier alpha value is -3.42. The normalized spacial score (nSPS) is 12.4. The average Bonchev–Trinajstić information content (AvgIpc) is 2.76. The molecule has 0 aliphatic rings. The topological polar surface area (TPSA) is 116 Å². The number of nitrogen functional groups attached to an aromatic ring is 1. The number of anilines is 2. The van der Waals surface area contributed by atoms with Crippen LogP contribution in [0.1, 0.15) is 77.1 Å². The molecule has 0 saturated heterocycles. The number of methoxy groups -OCH3 is 1. The lowest BCUT2D eigenvalue weighted by Crippen LogP contribution is -2.30. The quantitative estimate of drug-likeness (QED) is 0.322. The lowest BCUT2D eigenvalue weighted by molar-refractivity contribution is -0.155. The molecule has 0 unspecified atom stereocenters. The number of hydrogen-bond donors (Lipinski definition) is 2. The van der Waals surface area contributed by atoms with Gasteiger partial charge in [0.1, 0.15) is 17.2 Å². The molecule has 0 fully saturated rings. The predicted octanol–water partition coefficient (Wildman–Crippen LogP) is 4.96. The Labute approximate surface area is 208 Å². The van der Waals surface area contributed by atoms with Crippen molar-refractivity contribution in [3.8, 4) is 5.75 Å². The molecule has 1 aromatic heterocycles. The number of unbranched alkanes of at least 4 members (excludes halogenated alkanes) is 1. The van der Waals surface area contributed by atoms with E-state index in [4.69, 9.17) is 15.2 Å². The summed E-state index contributed by atoms with van der Waals surface area (Å²) in [6.07, 6.45) is 6.40. The minimum Gasteiger partial charge on any atom is -0.496 e. The molecule has 8 nitrogen and oxygen atoms in total. The number of carbonyl (C=O) groups excluding carboxylic acids is 2. The number of benzene rings is 1. The zero-order valence-corrected chi connectivity index (χ0v) is 21.7. The van der Waals surface area contributed by atoms with E-state index < -0.39 is 5.60 Å². The van der Waals surface area contributed by atoms with Gasteiger partial charge in [-0.2, -0.15) is 4.98 Å². The van der Waals surface area contributed by atoms with Gasteiger partial charge in [-0.15, -0.1) is 0 Å². The van der Waals surface area contributed by atoms with Gasteiger partial charge in [-0.05, 0) is 57.9 Å². The van der Waals surface area contributed by atoms with Gasteiger partial charge < -0.3 is 20.5 Å². The minimum atomic E-state index is -0.564. The third kappa shape index (κ3) is 9.39. The minimum absolute atomic E-state index is 0.0750. The molecule has 2 aromatic rings. The highest BCUT2D eigenvalue weighted by Gasteiger charge is 2.23. The summed E-state index contributed by atoms with van der Waals surface area (Å²) >= 11 is 0. The summed E-state index contributed by atoms with van der Waals surface area (Å²) in [5.74, 6) is 0.942. The van der Waals surface area contributed by atoms with Crippen LogP contribution in [0.5, 0.6) is 5.75 Å². The van der Waals surface area contributed by atoms with E-state index >= 15 is 0 Å². The van der Waals surface area contributed by atoms with Crippen molar-refractivity contribution < 1.29 is 19.1 Å². The number of nitrogens with two attached hydrogens (primary N) is 1. The SMILES string of the molecule is CCCC[C@@H](CC(=O)OC(C)(C)C)Nc1nc(N)nc(/C=C/C(C)=O)c1Cc1ccccc1OC. The first kappa shape index (κ1) is 27.8. The number of allylic oxidation sites excluding steroid dienone is 1. The monoisotopic (exact) mass is 482 g/mol. The molecule has 2 rings (SSSR count). The highest BCUT2D eigenvalue weighted by atomic mass is 16.6. The number of hydrogen-bond acceptors (Lipinski definition) is 8. The van der Waals surface area contributed by atoms with E-state index in [1.165, 1.54) is 13.0 Å². The summed E-state index contributed by atoms with van der Waals surface area (Å²) in [4.78, 5) is 33.1. The summed E-state index contributed by atoms with van der Waals surface area (Å²) in [5, 5.41) is 3.43. The highest BCUT2D eigenvalue weighted by molar-refractivity contribution is 5.91. The van der Waals surface area contributed by atoms with Crippen molar-refractivity contribution in [2.24, 2.45) is 0 Å². The molecule has 0 aliphatic heterocycles. The van der Waals surface area contributed by atoms with Gasteiger partial charge in [-0.1, -0.05) is 38.0 Å². The molecule has 8 heteroatoms. The van der Waals surface area contributed by atoms with Crippen LogP contribution in [0.15, 0.2) is 30.3 Å². The van der Waals surface area contributed by atoms with Gasteiger partial charge in [-0.3, -0.25) is 9.59 Å². The molecule has 0 aliphatic carbocycles. The molecule has 0 radical (unpaired) electrons. The third-order valence-corrected chi connectivity index (χ3v) is 5.17. The summed E-state index contributed by atoms with van der Waals surface area (Å²) in [7, 11) is 1.62. The maximum atomic E-state index is 12.6. The third-order valence-electron chi connectivity index (χ3n) is 5.17. The Morgan fingerprint density at radius 1 is 1.20 bits per heavy atom. The number of ether oxygens (including phenoxy) is 2. The van der Waals surface area contributed by atoms with Crippen LogP contribution in [0.2, 0.25) is 0 Å². The zero-order chi connectivity index (χ0) is 26.0. The lowest BCUT2D eigenvalue weighted by atomic mass is 10.0. The van der Waals surface area contributed by atoms with Gasteiger partial charge in [0.2, 0.25) is 5.95 Å². The second-order valence-electron chi connectivity index (χ2n) is 9.50. The van der Waals surface area contributed by atoms with E-state index in [0.717, 1.165) is 36.1 Å². The van der Waals surface area contributed by atoms with E-state index in [2.05, 4.69) is 22.2 Å². The smallest absolute Gasteiger partial charge is 0.308 e. The van der Waals surface area contributed by atoms with Crippen LogP contribution in [-0.4, -0.2) is 40.5 Å². The van der Waals surface area contributed by atoms with Crippen LogP contribution >= 0.6 is 0 Å². The van der Waals surface area contributed by atoms with Crippen molar-refractivity contribution in [1.29, 1.82) is 0 Å². The fourth-order valence-corrected chi connectivity index (χ4v) is 3.64. The van der Waals surface area contributed by atoms with Crippen LogP contribution in [0.4, 0.5) is 11.8 Å². The number of nitrogens with zero attached hydrogens (tertiary/aromatic N) is 2. The predicted molar refractivity (Wildman–Crippen MR) is 139 cm³/mol. The van der Waals surface area contributed by atoms with Crippen molar-refractivity contribution in [3.05, 3.63) is 47.2 Å². The molecule has 1 atom stereocenters. The summed E-state index contributed by atoms with van der Waals surface area (Å²) in [6.45, 7) is 9.13. The van der Waals surface area contributed by atoms with E-state index in [9.17, 15) is 9.59 Å². The lowest BCUT2D eigenvalue weighted by Gasteiger charge is -2.24. The number of nitrogens with one attached hydrogen (secondary N) is 1. The average molecular weight is 483 g/mol. The molecular weight excluding hydrogens is 444 g/mol. The van der Waals surface area contributed by atoms with Crippen molar-refractivity contribution in [2.75, 3.05) is 18.2 Å². The number of carbonyl (C=O) groups is 2. The molecule has 3 N–H and O–H groups in total. The molecule has 0 saturated carbocycles. The van der Waals surface area contributed by atoms with Gasteiger partial charge >= 0.3 is 5.97 Å². The molecule has 0 bridgehead atoms. The van der Waals surface area contributed by atoms with Crippen molar-refractivity contribution >= 4 is 29.6 Å². The van der Waals surface area contributed by atoms with Gasteiger partial charge in [0.15, 0.2) is 5.78 Å². The molecule has 0 amide bonds. The fourth-order valence-electron chi connectivity index (χ4n) is 3.64. The Balaban J connectivity index is 2.50. The van der Waals surface area contributed by atoms with Gasteiger partial charge in [0.25, 0.3) is 0 Å². The maximum Gasteiger partial charge on any atom is 0.308 e. The number of para-hydroxylation sites is 1. The van der Waals surface area contributed by atoms with Crippen LogP contribution in [0.3, 0.4) is 0 Å². The Morgan fingerprint density at radius 3 is 2.54 bits per heavy atom. The number of ketones is 1. The summed E-state index contributed by atoms with van der Waals surface area (Å²) in [5.41, 5.74) is 7.71. The van der Waals surface area contributed by atoms with Gasteiger partial charge in [0, 0.05) is 18.0 Å². The van der Waals surface area contributed by atoms with E-state index in [1.807, 2.05) is 45.0 Å². The summed E-state index contributed by atoms with van der Waals surface area (Å²) < 4.78 is 11.1. The standard InChI is InChI=1S/C27H38N4O4/c1-7-8-12-20(17-24(33)35-27(3,4)5)29-25-21(16-19-11-9-10-13-23(19)34-6)22(15-14-18(2)32)30-26(28)31-25/h9-11,13-15,20H,7-8,12,16-17H2,1-6H3,(H3,28,29,30,31)/b15-14+/t20-/m0/s1. The van der Waals surface area contributed by atoms with Crippen LogP contribution < -0.4 is 15.8 Å². The van der Waals surface area contributed by atoms with Crippen LogP contribution in [-0.2, 0) is 20.7 Å². The first-order chi connectivity index (χ1) is 16.5. The second-order valence-corrected chi connectivity index (χ2v) is 9.50. The molecule has 1 aromatic carbocycles. The number of rotatable bonds is 12. The van der Waals surface area contributed by atoms with Gasteiger partial charge in [-0.25, -0.2) is 4.98 Å². The van der Waals surface area contributed by atoms with Crippen LogP contribution in [0, 0.1) is 0 Å². The van der Waals surface area contributed by atoms with Gasteiger partial charge in [0.05, 0.1) is 19.2 Å². The Bertz CT molecular complexity index is 1040. The molecule has 0 spiro atoms. The summed E-state index contributed by atoms with van der Waals surface area (Å²) in [6, 6.07) is 7.48. The van der Waals surface area contributed by atoms with Crippen LogP contribution in [0.25, 0.3) is 6.08 Å². The maximum absolute atomic E-state index is 12.6. The fraction of sp³-hybridized carbons (Fsp3) is 0.481. The zero-order valence-electron chi connectivity index (χ0n) is 21.7. The molecule has 35 heavy (non-hydrogen) atoms. The number of aromatic nitrogens is 2. The van der Waals surface area contributed by atoms with E-state index in [0.29, 0.717) is 17.9 Å².